The zero-order valence-electron chi connectivity index (χ0n) is 21.9. The topological polar surface area (TPSA) is 47.8 Å². The van der Waals surface area contributed by atoms with Crippen molar-refractivity contribution in [2.24, 2.45) is 5.92 Å². The molecule has 190 valence electrons. The lowest BCUT2D eigenvalue weighted by molar-refractivity contribution is -0.143. The van der Waals surface area contributed by atoms with Crippen LogP contribution in [-0.2, 0) is 22.4 Å². The summed E-state index contributed by atoms with van der Waals surface area (Å²) in [5.41, 5.74) is 6.79. The summed E-state index contributed by atoms with van der Waals surface area (Å²) in [5, 5.41) is 0. The highest BCUT2D eigenvalue weighted by Gasteiger charge is 2.17. The Hall–Kier alpha value is -3.92. The van der Waals surface area contributed by atoms with Gasteiger partial charge in [0.1, 0.15) is 0 Å². The second kappa shape index (κ2) is 12.4. The fourth-order valence-corrected chi connectivity index (χ4v) is 4.57. The number of pyridine rings is 1. The zero-order chi connectivity index (χ0) is 26.2. The number of aryl methyl sites for hydroxylation is 1. The monoisotopic (exact) mass is 493 g/mol. The van der Waals surface area contributed by atoms with E-state index in [0.29, 0.717) is 42.9 Å². The van der Waals surface area contributed by atoms with Crippen LogP contribution >= 0.6 is 0 Å². The van der Waals surface area contributed by atoms with Crippen LogP contribution in [0.1, 0.15) is 71.9 Å². The number of nitrogens with zero attached hydrogens (tertiary/aromatic N) is 1. The Morgan fingerprint density at radius 2 is 1.59 bits per heavy atom. The van der Waals surface area contributed by atoms with E-state index in [4.69, 9.17) is 4.74 Å². The lowest BCUT2D eigenvalue weighted by atomic mass is 10.0. The minimum atomic E-state index is -0.183. The van der Waals surface area contributed by atoms with Gasteiger partial charge in [-0.1, -0.05) is 80.6 Å². The second-order valence-corrected chi connectivity index (χ2v) is 9.79. The van der Waals surface area contributed by atoms with E-state index in [0.717, 1.165) is 28.8 Å². The fourth-order valence-electron chi connectivity index (χ4n) is 4.57. The number of hydrogen-bond donors (Lipinski definition) is 0. The average molecular weight is 494 g/mol. The minimum absolute atomic E-state index is 0.00314. The van der Waals surface area contributed by atoms with Crippen LogP contribution in [0.15, 0.2) is 79.0 Å². The molecule has 0 radical (unpaired) electrons. The quantitative estimate of drug-likeness (QED) is 0.124. The van der Waals surface area contributed by atoms with Crippen molar-refractivity contribution in [2.45, 2.75) is 46.5 Å². The third-order valence-corrected chi connectivity index (χ3v) is 6.38. The summed E-state index contributed by atoms with van der Waals surface area (Å²) in [6.45, 7) is 6.67. The van der Waals surface area contributed by atoms with E-state index < -0.39 is 0 Å². The molecule has 4 rings (SSSR count). The number of benzene rings is 2. The number of esters is 1. The van der Waals surface area contributed by atoms with Crippen molar-refractivity contribution in [3.63, 3.8) is 0 Å². The summed E-state index contributed by atoms with van der Waals surface area (Å²) in [7, 11) is 0. The van der Waals surface area contributed by atoms with Crippen LogP contribution in [0.2, 0.25) is 0 Å². The highest BCUT2D eigenvalue weighted by Crippen LogP contribution is 2.23. The maximum absolute atomic E-state index is 13.4. The minimum Gasteiger partial charge on any atom is -0.466 e. The van der Waals surface area contributed by atoms with Gasteiger partial charge in [-0.05, 0) is 67.0 Å². The van der Waals surface area contributed by atoms with Crippen molar-refractivity contribution in [2.75, 3.05) is 6.61 Å². The van der Waals surface area contributed by atoms with Crippen molar-refractivity contribution in [1.82, 2.24) is 4.40 Å². The normalized spacial score (nSPS) is 11.5. The molecule has 2 heterocycles. The van der Waals surface area contributed by atoms with Crippen LogP contribution in [0.5, 0.6) is 0 Å². The summed E-state index contributed by atoms with van der Waals surface area (Å²) < 4.78 is 7.08. The fraction of sp³-hybridized carbons (Fsp3) is 0.273. The molecule has 0 aliphatic heterocycles. The highest BCUT2D eigenvalue weighted by molar-refractivity contribution is 6.13. The third kappa shape index (κ3) is 6.85. The Labute approximate surface area is 219 Å². The van der Waals surface area contributed by atoms with Gasteiger partial charge in [-0.25, -0.2) is 0 Å². The Morgan fingerprint density at radius 3 is 2.24 bits per heavy atom. The van der Waals surface area contributed by atoms with Crippen molar-refractivity contribution < 1.29 is 14.3 Å². The van der Waals surface area contributed by atoms with Crippen molar-refractivity contribution in [1.29, 1.82) is 0 Å². The highest BCUT2D eigenvalue weighted by atomic mass is 16.5. The molecular formula is C33H35NO3. The Bertz CT molecular complexity index is 1380. The number of rotatable bonds is 11. The van der Waals surface area contributed by atoms with E-state index in [1.54, 1.807) is 0 Å². The van der Waals surface area contributed by atoms with Gasteiger partial charge in [-0.3, -0.25) is 9.59 Å². The molecule has 0 N–H and O–H groups in total. The molecule has 0 atom stereocenters. The van der Waals surface area contributed by atoms with Gasteiger partial charge in [-0.15, -0.1) is 0 Å². The van der Waals surface area contributed by atoms with Crippen LogP contribution in [0.25, 0.3) is 17.7 Å². The summed E-state index contributed by atoms with van der Waals surface area (Å²) in [6.07, 6.45) is 8.96. The van der Waals surface area contributed by atoms with E-state index in [-0.39, 0.29) is 11.8 Å². The number of carbonyl (C=O) groups excluding carboxylic acids is 2. The molecule has 0 spiro atoms. The molecule has 0 bridgehead atoms. The zero-order valence-corrected chi connectivity index (χ0v) is 21.9. The van der Waals surface area contributed by atoms with Crippen molar-refractivity contribution in [3.05, 3.63) is 113 Å². The van der Waals surface area contributed by atoms with E-state index in [2.05, 4.69) is 50.3 Å². The van der Waals surface area contributed by atoms with Gasteiger partial charge in [0.25, 0.3) is 0 Å². The number of ketones is 1. The number of carbonyl (C=O) groups is 2. The summed E-state index contributed by atoms with van der Waals surface area (Å²) in [5.74, 6) is 0.462. The lowest BCUT2D eigenvalue weighted by Gasteiger charge is -2.05. The van der Waals surface area contributed by atoms with Gasteiger partial charge in [-0.2, -0.15) is 0 Å². The molecule has 2 aromatic heterocycles. The molecular weight excluding hydrogens is 458 g/mol. The Morgan fingerprint density at radius 1 is 0.919 bits per heavy atom. The number of aromatic nitrogens is 1. The van der Waals surface area contributed by atoms with E-state index >= 15 is 0 Å². The first kappa shape index (κ1) is 26.2. The summed E-state index contributed by atoms with van der Waals surface area (Å²) in [4.78, 5) is 25.1. The molecule has 0 aliphatic carbocycles. The van der Waals surface area contributed by atoms with Gasteiger partial charge < -0.3 is 9.14 Å². The largest absolute Gasteiger partial charge is 0.466 e. The maximum atomic E-state index is 13.4. The van der Waals surface area contributed by atoms with Crippen LogP contribution in [0.3, 0.4) is 0 Å². The van der Waals surface area contributed by atoms with Gasteiger partial charge >= 0.3 is 5.97 Å². The van der Waals surface area contributed by atoms with Crippen LogP contribution in [0.4, 0.5) is 0 Å². The van der Waals surface area contributed by atoms with Crippen LogP contribution in [0, 0.1) is 5.92 Å². The maximum Gasteiger partial charge on any atom is 0.305 e. The van der Waals surface area contributed by atoms with Crippen molar-refractivity contribution >= 4 is 29.4 Å². The van der Waals surface area contributed by atoms with Crippen molar-refractivity contribution in [3.8, 4) is 0 Å². The predicted molar refractivity (Wildman–Crippen MR) is 151 cm³/mol. The smallest absolute Gasteiger partial charge is 0.305 e. The first-order valence-electron chi connectivity index (χ1n) is 13.1. The van der Waals surface area contributed by atoms with Crippen LogP contribution < -0.4 is 0 Å². The van der Waals surface area contributed by atoms with Gasteiger partial charge in [0, 0.05) is 29.4 Å². The molecule has 0 fully saturated rings. The van der Waals surface area contributed by atoms with E-state index in [9.17, 15) is 9.59 Å². The van der Waals surface area contributed by atoms with Gasteiger partial charge in [0.2, 0.25) is 0 Å². The second-order valence-electron chi connectivity index (χ2n) is 9.79. The molecule has 4 aromatic rings. The van der Waals surface area contributed by atoms with Gasteiger partial charge in [0.15, 0.2) is 5.78 Å². The van der Waals surface area contributed by atoms with E-state index in [1.165, 1.54) is 5.56 Å². The first-order chi connectivity index (χ1) is 17.9. The Balaban J connectivity index is 1.46. The average Bonchev–Trinajstić information content (AvgIpc) is 3.27. The Kier molecular flexibility index (Phi) is 8.73. The number of hydrogen-bond acceptors (Lipinski definition) is 3. The third-order valence-electron chi connectivity index (χ3n) is 6.38. The number of fused-ring (bicyclic) bond motifs is 1. The lowest BCUT2D eigenvalue weighted by Crippen LogP contribution is -2.04. The predicted octanol–water partition coefficient (Wildman–Crippen LogP) is 7.43. The number of ether oxygens (including phenoxy) is 1. The van der Waals surface area contributed by atoms with Crippen LogP contribution in [-0.4, -0.2) is 22.8 Å². The first-order valence-corrected chi connectivity index (χ1v) is 13.1. The SMILES string of the molecule is CCOC(=O)CCCc1cc(C(=O)c2ccc(C=Cc3ccc(CC(C)C)cc3)cc2)c2ccccn12. The molecule has 0 aliphatic rings. The standard InChI is InChI=1S/C33H35NO3/c1-4-37-32(35)10-7-8-29-23-30(31-9-5-6-21-34(29)31)33(36)28-19-17-26(18-20-28)12-11-25-13-15-27(16-14-25)22-24(2)3/h5-6,9,11-21,23-24H,4,7-8,10,22H2,1-3H3. The summed E-state index contributed by atoms with van der Waals surface area (Å²) >= 11 is 0. The molecule has 37 heavy (non-hydrogen) atoms. The molecule has 4 nitrogen and oxygen atoms in total. The van der Waals surface area contributed by atoms with Gasteiger partial charge in [0.05, 0.1) is 12.1 Å². The molecule has 0 saturated heterocycles. The molecule has 4 heteroatoms. The summed E-state index contributed by atoms with van der Waals surface area (Å²) in [6, 6.07) is 24.2. The molecule has 0 unspecified atom stereocenters. The van der Waals surface area contributed by atoms with E-state index in [1.807, 2.05) is 66.1 Å². The molecule has 0 saturated carbocycles. The molecule has 2 aromatic carbocycles. The molecule has 0 amide bonds.